The number of hydrogen-bond donors (Lipinski definition) is 1. The van der Waals surface area contributed by atoms with Crippen molar-refractivity contribution in [2.45, 2.75) is 47.6 Å². The van der Waals surface area contributed by atoms with Crippen molar-refractivity contribution < 1.29 is 14.3 Å². The largest absolute Gasteiger partial charge is 0.494 e. The zero-order chi connectivity index (χ0) is 18.6. The van der Waals surface area contributed by atoms with Gasteiger partial charge in [-0.05, 0) is 59.7 Å². The predicted molar refractivity (Wildman–Crippen MR) is 101 cm³/mol. The van der Waals surface area contributed by atoms with Crippen LogP contribution in [0.3, 0.4) is 0 Å². The number of aryl methyl sites for hydroxylation is 1. The summed E-state index contributed by atoms with van der Waals surface area (Å²) in [5.41, 5.74) is 3.33. The van der Waals surface area contributed by atoms with Gasteiger partial charge in [0.05, 0.1) is 24.5 Å². The third-order valence-electron chi connectivity index (χ3n) is 4.06. The third kappa shape index (κ3) is 4.16. The van der Waals surface area contributed by atoms with E-state index in [1.54, 1.807) is 6.07 Å². The summed E-state index contributed by atoms with van der Waals surface area (Å²) >= 11 is 0. The minimum absolute atomic E-state index is 0.144. The van der Waals surface area contributed by atoms with Crippen molar-refractivity contribution in [2.24, 2.45) is 0 Å². The molecule has 2 rings (SSSR count). The first-order valence-corrected chi connectivity index (χ1v) is 8.78. The van der Waals surface area contributed by atoms with E-state index in [-0.39, 0.29) is 5.91 Å². The molecule has 1 heterocycles. The molecule has 0 spiro atoms. The molecule has 1 aromatic heterocycles. The lowest BCUT2D eigenvalue weighted by Crippen LogP contribution is -2.15. The molecule has 1 aromatic carbocycles. The van der Waals surface area contributed by atoms with Gasteiger partial charge in [0.25, 0.3) is 5.91 Å². The highest BCUT2D eigenvalue weighted by Gasteiger charge is 2.18. The second-order valence-electron chi connectivity index (χ2n) is 6.23. The van der Waals surface area contributed by atoms with Crippen LogP contribution in [0, 0.1) is 13.8 Å². The van der Waals surface area contributed by atoms with Crippen LogP contribution < -0.4 is 14.8 Å². The number of anilines is 1. The molecule has 2 aromatic rings. The fourth-order valence-electron chi connectivity index (χ4n) is 3.14. The number of rotatable bonds is 7. The Morgan fingerprint density at radius 3 is 2.36 bits per heavy atom. The van der Waals surface area contributed by atoms with Crippen LogP contribution >= 0.6 is 0 Å². The molecule has 0 unspecified atom stereocenters. The van der Waals surface area contributed by atoms with Gasteiger partial charge in [-0.2, -0.15) is 0 Å². The van der Waals surface area contributed by atoms with Gasteiger partial charge in [-0.3, -0.25) is 4.79 Å². The van der Waals surface area contributed by atoms with Gasteiger partial charge in [0.1, 0.15) is 11.5 Å². The topological polar surface area (TPSA) is 52.5 Å². The van der Waals surface area contributed by atoms with Gasteiger partial charge in [-0.25, -0.2) is 0 Å². The monoisotopic (exact) mass is 344 g/mol. The van der Waals surface area contributed by atoms with Gasteiger partial charge in [0.15, 0.2) is 0 Å². The van der Waals surface area contributed by atoms with E-state index in [4.69, 9.17) is 9.47 Å². The van der Waals surface area contributed by atoms with Crippen molar-refractivity contribution in [1.82, 2.24) is 4.57 Å². The number of hydrogen-bond acceptors (Lipinski definition) is 3. The quantitative estimate of drug-likeness (QED) is 0.789. The fourth-order valence-corrected chi connectivity index (χ4v) is 3.14. The summed E-state index contributed by atoms with van der Waals surface area (Å²) in [5.74, 6) is 1.19. The van der Waals surface area contributed by atoms with Crippen molar-refractivity contribution in [1.29, 1.82) is 0 Å². The van der Waals surface area contributed by atoms with Crippen LogP contribution in [-0.2, 0) is 0 Å². The minimum Gasteiger partial charge on any atom is -0.494 e. The summed E-state index contributed by atoms with van der Waals surface area (Å²) in [4.78, 5) is 12.8. The zero-order valence-corrected chi connectivity index (χ0v) is 16.0. The van der Waals surface area contributed by atoms with E-state index in [0.717, 1.165) is 11.4 Å². The molecule has 0 bridgehead atoms. The number of nitrogens with one attached hydrogen (secondary N) is 1. The summed E-state index contributed by atoms with van der Waals surface area (Å²) in [5, 5.41) is 2.97. The highest BCUT2D eigenvalue weighted by atomic mass is 16.5. The fraction of sp³-hybridized carbons (Fsp3) is 0.450. The van der Waals surface area contributed by atoms with Crippen molar-refractivity contribution >= 4 is 11.6 Å². The molecule has 0 atom stereocenters. The first-order chi connectivity index (χ1) is 11.9. The van der Waals surface area contributed by atoms with E-state index in [2.05, 4.69) is 23.7 Å². The summed E-state index contributed by atoms with van der Waals surface area (Å²) in [6.07, 6.45) is 0. The molecule has 0 aliphatic carbocycles. The summed E-state index contributed by atoms with van der Waals surface area (Å²) < 4.78 is 13.3. The third-order valence-corrected chi connectivity index (χ3v) is 4.06. The van der Waals surface area contributed by atoms with E-state index < -0.39 is 0 Å². The van der Waals surface area contributed by atoms with Gasteiger partial charge < -0.3 is 19.4 Å². The number of amides is 1. The Balaban J connectivity index is 2.33. The molecule has 5 nitrogen and oxygen atoms in total. The Kier molecular flexibility index (Phi) is 6.12. The molecule has 0 aliphatic heterocycles. The average molecular weight is 344 g/mol. The van der Waals surface area contributed by atoms with Gasteiger partial charge in [0, 0.05) is 23.5 Å². The molecular formula is C20H28N2O3. The SMILES string of the molecule is CCOc1ccc(OCC)c(NC(=O)c2cc(C)n(C(C)C)c2C)c1. The first-order valence-electron chi connectivity index (χ1n) is 8.78. The van der Waals surface area contributed by atoms with Crippen LogP contribution in [0.25, 0.3) is 0 Å². The highest BCUT2D eigenvalue weighted by Crippen LogP contribution is 2.30. The lowest BCUT2D eigenvalue weighted by atomic mass is 10.2. The summed E-state index contributed by atoms with van der Waals surface area (Å²) in [7, 11) is 0. The molecule has 1 amide bonds. The number of nitrogens with zero attached hydrogens (tertiary/aromatic N) is 1. The Bertz CT molecular complexity index is 748. The predicted octanol–water partition coefficient (Wildman–Crippen LogP) is 4.74. The Hall–Kier alpha value is -2.43. The standard InChI is InChI=1S/C20H28N2O3/c1-7-24-16-9-10-19(25-8-2)18(12-16)21-20(23)17-11-14(5)22(13(3)4)15(17)6/h9-13H,7-8H2,1-6H3,(H,21,23). The van der Waals surface area contributed by atoms with Crippen molar-refractivity contribution in [3.05, 3.63) is 41.2 Å². The van der Waals surface area contributed by atoms with Crippen LogP contribution in [0.15, 0.2) is 24.3 Å². The highest BCUT2D eigenvalue weighted by molar-refractivity contribution is 6.06. The first kappa shape index (κ1) is 18.9. The lowest BCUT2D eigenvalue weighted by Gasteiger charge is -2.15. The molecule has 0 fully saturated rings. The molecular weight excluding hydrogens is 316 g/mol. The lowest BCUT2D eigenvalue weighted by molar-refractivity contribution is 0.102. The molecule has 1 N–H and O–H groups in total. The van der Waals surface area contributed by atoms with Gasteiger partial charge in [-0.1, -0.05) is 0 Å². The van der Waals surface area contributed by atoms with Gasteiger partial charge in [-0.15, -0.1) is 0 Å². The van der Waals surface area contributed by atoms with Crippen molar-refractivity contribution in [2.75, 3.05) is 18.5 Å². The number of ether oxygens (including phenoxy) is 2. The molecule has 0 saturated carbocycles. The minimum atomic E-state index is -0.144. The van der Waals surface area contributed by atoms with E-state index >= 15 is 0 Å². The number of carbonyl (C=O) groups is 1. The maximum atomic E-state index is 12.8. The van der Waals surface area contributed by atoms with Crippen LogP contribution in [-0.4, -0.2) is 23.7 Å². The zero-order valence-electron chi connectivity index (χ0n) is 16.0. The van der Waals surface area contributed by atoms with E-state index in [0.29, 0.717) is 42.0 Å². The molecule has 0 aliphatic rings. The van der Waals surface area contributed by atoms with Crippen LogP contribution in [0.2, 0.25) is 0 Å². The number of carbonyl (C=O) groups excluding carboxylic acids is 1. The smallest absolute Gasteiger partial charge is 0.257 e. The molecule has 0 radical (unpaired) electrons. The van der Waals surface area contributed by atoms with E-state index in [9.17, 15) is 4.79 Å². The van der Waals surface area contributed by atoms with Crippen molar-refractivity contribution in [3.63, 3.8) is 0 Å². The van der Waals surface area contributed by atoms with Gasteiger partial charge in [0.2, 0.25) is 0 Å². The second kappa shape index (κ2) is 8.10. The van der Waals surface area contributed by atoms with Crippen LogP contribution in [0.4, 0.5) is 5.69 Å². The summed E-state index contributed by atoms with van der Waals surface area (Å²) in [6, 6.07) is 7.70. The second-order valence-corrected chi connectivity index (χ2v) is 6.23. The van der Waals surface area contributed by atoms with Crippen molar-refractivity contribution in [3.8, 4) is 11.5 Å². The maximum Gasteiger partial charge on any atom is 0.257 e. The molecule has 5 heteroatoms. The Morgan fingerprint density at radius 1 is 1.12 bits per heavy atom. The molecule has 136 valence electrons. The Labute approximate surface area is 149 Å². The number of aromatic nitrogens is 1. The van der Waals surface area contributed by atoms with Crippen LogP contribution in [0.1, 0.15) is 55.5 Å². The normalized spacial score (nSPS) is 10.8. The average Bonchev–Trinajstić information content (AvgIpc) is 2.85. The van der Waals surface area contributed by atoms with Crippen LogP contribution in [0.5, 0.6) is 11.5 Å². The summed E-state index contributed by atoms with van der Waals surface area (Å²) in [6.45, 7) is 13.2. The van der Waals surface area contributed by atoms with Gasteiger partial charge >= 0.3 is 0 Å². The number of benzene rings is 1. The Morgan fingerprint density at radius 2 is 1.80 bits per heavy atom. The maximum absolute atomic E-state index is 12.8. The molecule has 0 saturated heterocycles. The molecule has 25 heavy (non-hydrogen) atoms. The van der Waals surface area contributed by atoms with E-state index in [1.165, 1.54) is 0 Å². The van der Waals surface area contributed by atoms with E-state index in [1.807, 2.05) is 45.9 Å².